The minimum absolute atomic E-state index is 0.312. The van der Waals surface area contributed by atoms with Crippen LogP contribution in [0.2, 0.25) is 0 Å². The van der Waals surface area contributed by atoms with Crippen LogP contribution in [0.5, 0.6) is 0 Å². The summed E-state index contributed by atoms with van der Waals surface area (Å²) in [6.45, 7) is 4.00. The molecule has 0 aliphatic heterocycles. The van der Waals surface area contributed by atoms with Gasteiger partial charge in [0.05, 0.1) is 0 Å². The number of pyridine rings is 1. The Balaban J connectivity index is 2.82. The number of aryl methyl sites for hydroxylation is 1. The molecule has 0 radical (unpaired) electrons. The van der Waals surface area contributed by atoms with Crippen molar-refractivity contribution in [3.8, 4) is 16.5 Å². The molecule has 0 unspecified atom stereocenters. The van der Waals surface area contributed by atoms with Crippen LogP contribution in [-0.4, -0.2) is 4.98 Å². The first-order valence-corrected chi connectivity index (χ1v) is 7.19. The van der Waals surface area contributed by atoms with Crippen molar-refractivity contribution in [2.24, 2.45) is 0 Å². The van der Waals surface area contributed by atoms with Gasteiger partial charge in [-0.2, -0.15) is 5.26 Å². The molecule has 0 aliphatic rings. The molecule has 2 heterocycles. The molecule has 0 amide bonds. The number of anilines is 1. The summed E-state index contributed by atoms with van der Waals surface area (Å²) in [6.07, 6.45) is 0.832. The fraction of sp³-hybridized carbons (Fsp3) is 0.231. The maximum atomic E-state index is 9.30. The average molecular weight is 322 g/mol. The monoisotopic (exact) mass is 321 g/mol. The normalized spacial score (nSPS) is 10.3. The van der Waals surface area contributed by atoms with E-state index >= 15 is 0 Å². The molecule has 2 rings (SSSR count). The molecular formula is C13H12BrN3S. The Morgan fingerprint density at radius 2 is 2.28 bits per heavy atom. The molecule has 0 spiro atoms. The Kier molecular flexibility index (Phi) is 3.69. The highest BCUT2D eigenvalue weighted by molar-refractivity contribution is 9.10. The highest BCUT2D eigenvalue weighted by Crippen LogP contribution is 2.37. The molecule has 0 saturated carbocycles. The van der Waals surface area contributed by atoms with Crippen LogP contribution < -0.4 is 5.73 Å². The van der Waals surface area contributed by atoms with Crippen LogP contribution in [0.4, 0.5) is 5.82 Å². The molecule has 0 atom stereocenters. The van der Waals surface area contributed by atoms with Gasteiger partial charge in [-0.3, -0.25) is 0 Å². The second-order valence-electron chi connectivity index (χ2n) is 3.91. The van der Waals surface area contributed by atoms with Crippen molar-refractivity contribution in [3.05, 3.63) is 32.7 Å². The summed E-state index contributed by atoms with van der Waals surface area (Å²) in [5, 5.41) is 11.3. The minimum Gasteiger partial charge on any atom is -0.383 e. The van der Waals surface area contributed by atoms with Gasteiger partial charge in [0.15, 0.2) is 0 Å². The number of rotatable bonds is 2. The lowest BCUT2D eigenvalue weighted by Crippen LogP contribution is -2.04. The van der Waals surface area contributed by atoms with Crippen molar-refractivity contribution in [3.63, 3.8) is 0 Å². The summed E-state index contributed by atoms with van der Waals surface area (Å²) in [5.41, 5.74) is 9.26. The van der Waals surface area contributed by atoms with Gasteiger partial charge in [-0.1, -0.05) is 6.92 Å². The molecule has 2 aromatic rings. The number of aromatic nitrogens is 1. The van der Waals surface area contributed by atoms with Gasteiger partial charge in [0.25, 0.3) is 0 Å². The second-order valence-corrected chi connectivity index (χ2v) is 5.73. The Bertz CT molecular complexity index is 640. The van der Waals surface area contributed by atoms with Crippen LogP contribution in [0.1, 0.15) is 23.7 Å². The SMILES string of the molecule is CCc1c(C)nc(N)c(C#N)c1-c1cc(Br)cs1. The lowest BCUT2D eigenvalue weighted by atomic mass is 9.98. The Morgan fingerprint density at radius 1 is 1.56 bits per heavy atom. The predicted molar refractivity (Wildman–Crippen MR) is 78.5 cm³/mol. The van der Waals surface area contributed by atoms with E-state index in [1.165, 1.54) is 0 Å². The highest BCUT2D eigenvalue weighted by Gasteiger charge is 2.18. The number of hydrogen-bond donors (Lipinski definition) is 1. The molecule has 0 aromatic carbocycles. The molecule has 2 N–H and O–H groups in total. The molecular weight excluding hydrogens is 310 g/mol. The van der Waals surface area contributed by atoms with E-state index in [-0.39, 0.29) is 0 Å². The van der Waals surface area contributed by atoms with Gasteiger partial charge in [0.1, 0.15) is 17.5 Å². The molecule has 0 fully saturated rings. The summed E-state index contributed by atoms with van der Waals surface area (Å²) in [4.78, 5) is 5.30. The average Bonchev–Trinajstić information content (AvgIpc) is 2.74. The standard InChI is InChI=1S/C13H12BrN3S/c1-3-9-7(2)17-13(16)10(5-15)12(9)11-4-8(14)6-18-11/h4,6H,3H2,1-2H3,(H2,16,17). The van der Waals surface area contributed by atoms with Crippen LogP contribution in [0, 0.1) is 18.3 Å². The van der Waals surface area contributed by atoms with Gasteiger partial charge < -0.3 is 5.73 Å². The van der Waals surface area contributed by atoms with Crippen molar-refractivity contribution in [1.82, 2.24) is 4.98 Å². The number of hydrogen-bond acceptors (Lipinski definition) is 4. The maximum Gasteiger partial charge on any atom is 0.142 e. The van der Waals surface area contributed by atoms with Crippen molar-refractivity contribution >= 4 is 33.1 Å². The summed E-state index contributed by atoms with van der Waals surface area (Å²) in [7, 11) is 0. The van der Waals surface area contributed by atoms with Crippen LogP contribution >= 0.6 is 27.3 Å². The van der Waals surface area contributed by atoms with Crippen LogP contribution in [0.15, 0.2) is 15.9 Å². The zero-order valence-electron chi connectivity index (χ0n) is 10.1. The Morgan fingerprint density at radius 3 is 2.78 bits per heavy atom. The molecule has 18 heavy (non-hydrogen) atoms. The van der Waals surface area contributed by atoms with Crippen molar-refractivity contribution < 1.29 is 0 Å². The Labute approximate surface area is 118 Å². The van der Waals surface area contributed by atoms with Crippen LogP contribution in [0.25, 0.3) is 10.4 Å². The van der Waals surface area contributed by atoms with Gasteiger partial charge >= 0.3 is 0 Å². The van der Waals surface area contributed by atoms with E-state index in [4.69, 9.17) is 5.73 Å². The van der Waals surface area contributed by atoms with Crippen LogP contribution in [0.3, 0.4) is 0 Å². The largest absolute Gasteiger partial charge is 0.383 e. The third kappa shape index (κ3) is 2.14. The molecule has 0 saturated heterocycles. The molecule has 0 aliphatic carbocycles. The smallest absolute Gasteiger partial charge is 0.142 e. The second kappa shape index (κ2) is 5.09. The van der Waals surface area contributed by atoms with E-state index < -0.39 is 0 Å². The zero-order valence-corrected chi connectivity index (χ0v) is 12.5. The van der Waals surface area contributed by atoms with Gasteiger partial charge in [0, 0.05) is 26.0 Å². The number of nitrogen functional groups attached to an aromatic ring is 1. The first-order valence-electron chi connectivity index (χ1n) is 5.51. The van der Waals surface area contributed by atoms with Crippen molar-refractivity contribution in [1.29, 1.82) is 5.26 Å². The molecule has 0 bridgehead atoms. The van der Waals surface area contributed by atoms with Gasteiger partial charge in [-0.15, -0.1) is 11.3 Å². The maximum absolute atomic E-state index is 9.30. The Hall–Kier alpha value is -1.38. The van der Waals surface area contributed by atoms with Gasteiger partial charge in [0.2, 0.25) is 0 Å². The van der Waals surface area contributed by atoms with E-state index in [1.54, 1.807) is 11.3 Å². The lowest BCUT2D eigenvalue weighted by molar-refractivity contribution is 1.05. The fourth-order valence-electron chi connectivity index (χ4n) is 2.03. The summed E-state index contributed by atoms with van der Waals surface area (Å²) < 4.78 is 1.02. The first-order chi connectivity index (χ1) is 8.58. The van der Waals surface area contributed by atoms with E-state index in [9.17, 15) is 5.26 Å². The summed E-state index contributed by atoms with van der Waals surface area (Å²) in [6, 6.07) is 4.19. The molecule has 3 nitrogen and oxygen atoms in total. The van der Waals surface area contributed by atoms with E-state index in [2.05, 4.69) is 33.9 Å². The third-order valence-corrected chi connectivity index (χ3v) is 4.52. The van der Waals surface area contributed by atoms with Gasteiger partial charge in [-0.25, -0.2) is 4.98 Å². The lowest BCUT2D eigenvalue weighted by Gasteiger charge is -2.12. The van der Waals surface area contributed by atoms with Gasteiger partial charge in [-0.05, 0) is 40.9 Å². The molecule has 92 valence electrons. The van der Waals surface area contributed by atoms with E-state index in [0.717, 1.165) is 32.6 Å². The number of nitriles is 1. The van der Waals surface area contributed by atoms with E-state index in [0.29, 0.717) is 11.4 Å². The fourth-order valence-corrected chi connectivity index (χ4v) is 3.53. The molecule has 2 aromatic heterocycles. The zero-order chi connectivity index (χ0) is 13.3. The topological polar surface area (TPSA) is 62.7 Å². The molecule has 5 heteroatoms. The highest BCUT2D eigenvalue weighted by atomic mass is 79.9. The third-order valence-electron chi connectivity index (χ3n) is 2.81. The van der Waals surface area contributed by atoms with Crippen molar-refractivity contribution in [2.75, 3.05) is 5.73 Å². The first kappa shape index (κ1) is 13.1. The number of nitrogens with two attached hydrogens (primary N) is 1. The predicted octanol–water partition coefficient (Wildman–Crippen LogP) is 3.90. The van der Waals surface area contributed by atoms with Crippen LogP contribution in [-0.2, 0) is 6.42 Å². The van der Waals surface area contributed by atoms with Crippen molar-refractivity contribution in [2.45, 2.75) is 20.3 Å². The number of thiophene rings is 1. The summed E-state index contributed by atoms with van der Waals surface area (Å²) in [5.74, 6) is 0.312. The number of nitrogens with zero attached hydrogens (tertiary/aromatic N) is 2. The minimum atomic E-state index is 0.312. The quantitative estimate of drug-likeness (QED) is 0.912. The number of halogens is 1. The van der Waals surface area contributed by atoms with E-state index in [1.807, 2.05) is 18.4 Å². The summed E-state index contributed by atoms with van der Waals surface area (Å²) >= 11 is 5.04.